The lowest BCUT2D eigenvalue weighted by atomic mass is 10.2. The zero-order chi connectivity index (χ0) is 13.8. The fourth-order valence-corrected chi connectivity index (χ4v) is 1.64. The molecule has 1 N–H and O–H groups in total. The van der Waals surface area contributed by atoms with E-state index in [-0.39, 0.29) is 22.1 Å². The third kappa shape index (κ3) is 3.14. The first kappa shape index (κ1) is 13.2. The number of carbonyl (C=O) groups excluding carboxylic acids is 2. The van der Waals surface area contributed by atoms with Crippen LogP contribution in [0.3, 0.4) is 0 Å². The summed E-state index contributed by atoms with van der Waals surface area (Å²) in [6.07, 6.45) is 0.543. The van der Waals surface area contributed by atoms with Gasteiger partial charge in [0.15, 0.2) is 6.29 Å². The van der Waals surface area contributed by atoms with Crippen molar-refractivity contribution in [2.24, 2.45) is 0 Å². The van der Waals surface area contributed by atoms with E-state index in [2.05, 4.69) is 10.3 Å². The van der Waals surface area contributed by atoms with Crippen molar-refractivity contribution in [3.8, 4) is 0 Å². The molecule has 96 valence electrons. The zero-order valence-electron chi connectivity index (χ0n) is 9.56. The molecule has 0 unspecified atom stereocenters. The molecule has 4 nitrogen and oxygen atoms in total. The van der Waals surface area contributed by atoms with Gasteiger partial charge in [-0.1, -0.05) is 17.7 Å². The quantitative estimate of drug-likeness (QED) is 0.878. The Hall–Kier alpha value is -2.27. The number of amides is 1. The molecule has 0 aliphatic heterocycles. The maximum atomic E-state index is 12.9. The first-order valence-electron chi connectivity index (χ1n) is 5.29. The van der Waals surface area contributed by atoms with Crippen LogP contribution in [0.15, 0.2) is 36.4 Å². The molecule has 2 rings (SSSR count). The molecule has 0 saturated carbocycles. The average molecular weight is 279 g/mol. The number of nitrogens with one attached hydrogen (secondary N) is 1. The smallest absolute Gasteiger partial charge is 0.274 e. The Morgan fingerprint density at radius 3 is 2.79 bits per heavy atom. The summed E-state index contributed by atoms with van der Waals surface area (Å²) in [5.74, 6) is -1.03. The lowest BCUT2D eigenvalue weighted by Crippen LogP contribution is -2.14. The number of anilines is 1. The maximum Gasteiger partial charge on any atom is 0.274 e. The highest BCUT2D eigenvalue weighted by molar-refractivity contribution is 6.33. The lowest BCUT2D eigenvalue weighted by molar-refractivity contribution is 0.102. The van der Waals surface area contributed by atoms with E-state index in [0.29, 0.717) is 6.29 Å². The summed E-state index contributed by atoms with van der Waals surface area (Å²) in [5.41, 5.74) is 0.495. The van der Waals surface area contributed by atoms with E-state index >= 15 is 0 Å². The molecule has 0 spiro atoms. The summed E-state index contributed by atoms with van der Waals surface area (Å²) in [7, 11) is 0. The van der Waals surface area contributed by atoms with Gasteiger partial charge in [-0.2, -0.15) is 0 Å². The van der Waals surface area contributed by atoms with Crippen molar-refractivity contribution in [2.75, 3.05) is 5.32 Å². The normalized spacial score (nSPS) is 10.0. The molecule has 1 amide bonds. The Bertz CT molecular complexity index is 646. The zero-order valence-corrected chi connectivity index (χ0v) is 10.3. The van der Waals surface area contributed by atoms with E-state index in [1.807, 2.05) is 0 Å². The maximum absolute atomic E-state index is 12.9. The molecule has 0 aliphatic carbocycles. The molecule has 19 heavy (non-hydrogen) atoms. The number of aldehydes is 1. The van der Waals surface area contributed by atoms with Gasteiger partial charge in [0.1, 0.15) is 17.2 Å². The van der Waals surface area contributed by atoms with Crippen LogP contribution in [0, 0.1) is 5.82 Å². The fourth-order valence-electron chi connectivity index (χ4n) is 1.42. The molecule has 6 heteroatoms. The van der Waals surface area contributed by atoms with Crippen LogP contribution < -0.4 is 5.32 Å². The van der Waals surface area contributed by atoms with Crippen molar-refractivity contribution in [1.29, 1.82) is 0 Å². The SMILES string of the molecule is O=Cc1cccc(C(=O)Nc2ccc(F)cc2Cl)n1. The lowest BCUT2D eigenvalue weighted by Gasteiger charge is -2.06. The Morgan fingerprint density at radius 1 is 1.32 bits per heavy atom. The van der Waals surface area contributed by atoms with Gasteiger partial charge in [-0.3, -0.25) is 9.59 Å². The minimum absolute atomic E-state index is 0.0741. The highest BCUT2D eigenvalue weighted by atomic mass is 35.5. The van der Waals surface area contributed by atoms with Crippen LogP contribution in [0.1, 0.15) is 21.0 Å². The first-order chi connectivity index (χ1) is 9.10. The standard InChI is InChI=1S/C13H8ClFN2O2/c14-10-6-8(15)4-5-11(10)17-13(19)12-3-1-2-9(7-18)16-12/h1-7H,(H,17,19). The van der Waals surface area contributed by atoms with Crippen LogP contribution in [0.5, 0.6) is 0 Å². The van der Waals surface area contributed by atoms with Gasteiger partial charge in [0.05, 0.1) is 10.7 Å². The molecule has 1 heterocycles. The van der Waals surface area contributed by atoms with Crippen LogP contribution in [0.4, 0.5) is 10.1 Å². The van der Waals surface area contributed by atoms with Crippen molar-refractivity contribution in [3.63, 3.8) is 0 Å². The van der Waals surface area contributed by atoms with E-state index < -0.39 is 11.7 Å². The number of aromatic nitrogens is 1. The van der Waals surface area contributed by atoms with Gasteiger partial charge in [0.2, 0.25) is 0 Å². The fraction of sp³-hybridized carbons (Fsp3) is 0. The number of benzene rings is 1. The minimum Gasteiger partial charge on any atom is -0.319 e. The van der Waals surface area contributed by atoms with Crippen molar-refractivity contribution in [2.45, 2.75) is 0 Å². The minimum atomic E-state index is -0.530. The third-order valence-corrected chi connectivity index (χ3v) is 2.62. The van der Waals surface area contributed by atoms with Crippen LogP contribution in [-0.2, 0) is 0 Å². The van der Waals surface area contributed by atoms with Gasteiger partial charge in [-0.05, 0) is 30.3 Å². The predicted octanol–water partition coefficient (Wildman–Crippen LogP) is 2.94. The summed E-state index contributed by atoms with van der Waals surface area (Å²) in [6.45, 7) is 0. The highest BCUT2D eigenvalue weighted by Gasteiger charge is 2.10. The van der Waals surface area contributed by atoms with Gasteiger partial charge in [-0.25, -0.2) is 9.37 Å². The van der Waals surface area contributed by atoms with E-state index in [4.69, 9.17) is 11.6 Å². The molecule has 1 aromatic heterocycles. The van der Waals surface area contributed by atoms with Crippen LogP contribution >= 0.6 is 11.6 Å². The van der Waals surface area contributed by atoms with Crippen molar-refractivity contribution < 1.29 is 14.0 Å². The second-order valence-electron chi connectivity index (χ2n) is 3.64. The van der Waals surface area contributed by atoms with Crippen LogP contribution in [0.2, 0.25) is 5.02 Å². The van der Waals surface area contributed by atoms with Gasteiger partial charge < -0.3 is 5.32 Å². The van der Waals surface area contributed by atoms with E-state index in [0.717, 1.165) is 6.07 Å². The van der Waals surface area contributed by atoms with Gasteiger partial charge in [0, 0.05) is 0 Å². The second-order valence-corrected chi connectivity index (χ2v) is 4.05. The van der Waals surface area contributed by atoms with Gasteiger partial charge in [0.25, 0.3) is 5.91 Å². The Kier molecular flexibility index (Phi) is 3.87. The van der Waals surface area contributed by atoms with Crippen molar-refractivity contribution >= 4 is 29.5 Å². The predicted molar refractivity (Wildman–Crippen MR) is 69.0 cm³/mol. The van der Waals surface area contributed by atoms with Gasteiger partial charge in [-0.15, -0.1) is 0 Å². The van der Waals surface area contributed by atoms with E-state index in [1.165, 1.54) is 30.3 Å². The molecule has 2 aromatic rings. The number of hydrogen-bond acceptors (Lipinski definition) is 3. The molecule has 0 radical (unpaired) electrons. The molecule has 0 aliphatic rings. The van der Waals surface area contributed by atoms with Crippen molar-refractivity contribution in [1.82, 2.24) is 4.98 Å². The molecule has 0 fully saturated rings. The summed E-state index contributed by atoms with van der Waals surface area (Å²) in [6, 6.07) is 8.09. The van der Waals surface area contributed by atoms with Crippen LogP contribution in [-0.4, -0.2) is 17.2 Å². The number of rotatable bonds is 3. The highest BCUT2D eigenvalue weighted by Crippen LogP contribution is 2.22. The average Bonchev–Trinajstić information content (AvgIpc) is 2.42. The molecular formula is C13H8ClFN2O2. The number of hydrogen-bond donors (Lipinski definition) is 1. The Labute approximate surface area is 113 Å². The van der Waals surface area contributed by atoms with E-state index in [9.17, 15) is 14.0 Å². The van der Waals surface area contributed by atoms with E-state index in [1.54, 1.807) is 0 Å². The molecule has 0 atom stereocenters. The summed E-state index contributed by atoms with van der Waals surface area (Å²) in [4.78, 5) is 26.3. The third-order valence-electron chi connectivity index (χ3n) is 2.30. The summed E-state index contributed by atoms with van der Waals surface area (Å²) in [5, 5.41) is 2.57. The van der Waals surface area contributed by atoms with Crippen LogP contribution in [0.25, 0.3) is 0 Å². The molecule has 0 saturated heterocycles. The molecule has 0 bridgehead atoms. The monoisotopic (exact) mass is 278 g/mol. The first-order valence-corrected chi connectivity index (χ1v) is 5.66. The number of nitrogens with zero attached hydrogens (tertiary/aromatic N) is 1. The Balaban J connectivity index is 2.22. The summed E-state index contributed by atoms with van der Waals surface area (Å²) < 4.78 is 12.9. The number of pyridine rings is 1. The molecule has 1 aromatic carbocycles. The molecular weight excluding hydrogens is 271 g/mol. The largest absolute Gasteiger partial charge is 0.319 e. The summed E-state index contributed by atoms with van der Waals surface area (Å²) >= 11 is 5.79. The number of halogens is 2. The number of carbonyl (C=O) groups is 2. The Morgan fingerprint density at radius 2 is 2.11 bits per heavy atom. The second kappa shape index (κ2) is 5.58. The van der Waals surface area contributed by atoms with Gasteiger partial charge >= 0.3 is 0 Å². The topological polar surface area (TPSA) is 59.1 Å². The van der Waals surface area contributed by atoms with Crippen molar-refractivity contribution in [3.05, 3.63) is 58.6 Å².